The summed E-state index contributed by atoms with van der Waals surface area (Å²) < 4.78 is 5.58. The second kappa shape index (κ2) is 5.89. The van der Waals surface area contributed by atoms with Gasteiger partial charge in [-0.25, -0.2) is 0 Å². The molecule has 0 aromatic carbocycles. The molecule has 2 rings (SSSR count). The van der Waals surface area contributed by atoms with Crippen LogP contribution in [-0.4, -0.2) is 29.5 Å². The molecule has 1 fully saturated rings. The van der Waals surface area contributed by atoms with E-state index in [1.807, 2.05) is 0 Å². The van der Waals surface area contributed by atoms with E-state index in [2.05, 4.69) is 36.3 Å². The molecule has 1 aromatic rings. The van der Waals surface area contributed by atoms with Crippen LogP contribution in [0, 0.1) is 0 Å². The van der Waals surface area contributed by atoms with Crippen molar-refractivity contribution >= 4 is 11.3 Å². The molecule has 1 saturated heterocycles. The Balaban J connectivity index is 1.95. The van der Waals surface area contributed by atoms with Gasteiger partial charge in [-0.15, -0.1) is 10.2 Å². The highest BCUT2D eigenvalue weighted by Gasteiger charge is 2.27. The van der Waals surface area contributed by atoms with Crippen molar-refractivity contribution < 1.29 is 4.74 Å². The van der Waals surface area contributed by atoms with Gasteiger partial charge in [0.1, 0.15) is 10.0 Å². The number of rotatable bonds is 5. The maximum absolute atomic E-state index is 5.58. The molecule has 2 heterocycles. The van der Waals surface area contributed by atoms with Gasteiger partial charge in [-0.3, -0.25) is 0 Å². The number of hydrogen-bond acceptors (Lipinski definition) is 5. The van der Waals surface area contributed by atoms with Gasteiger partial charge in [0.2, 0.25) is 0 Å². The SMILES string of the molecule is CCCNC(C)c1nnc(C2COC(C)C2)s1. The minimum atomic E-state index is 0.306. The van der Waals surface area contributed by atoms with E-state index in [1.54, 1.807) is 11.3 Å². The Kier molecular flexibility index (Phi) is 4.48. The van der Waals surface area contributed by atoms with E-state index in [0.29, 0.717) is 18.1 Å². The average molecular weight is 255 g/mol. The summed E-state index contributed by atoms with van der Waals surface area (Å²) in [6.45, 7) is 8.26. The van der Waals surface area contributed by atoms with Gasteiger partial charge in [0.15, 0.2) is 0 Å². The van der Waals surface area contributed by atoms with E-state index in [1.165, 1.54) is 0 Å². The van der Waals surface area contributed by atoms with Crippen LogP contribution >= 0.6 is 11.3 Å². The molecular formula is C12H21N3OS. The Morgan fingerprint density at radius 2 is 2.35 bits per heavy atom. The van der Waals surface area contributed by atoms with Crippen molar-refractivity contribution in [2.45, 2.75) is 51.7 Å². The van der Waals surface area contributed by atoms with Gasteiger partial charge in [0, 0.05) is 5.92 Å². The number of hydrogen-bond donors (Lipinski definition) is 1. The fourth-order valence-electron chi connectivity index (χ4n) is 2.02. The van der Waals surface area contributed by atoms with E-state index in [9.17, 15) is 0 Å². The van der Waals surface area contributed by atoms with E-state index in [4.69, 9.17) is 4.74 Å². The summed E-state index contributed by atoms with van der Waals surface area (Å²) in [5.41, 5.74) is 0. The fraction of sp³-hybridized carbons (Fsp3) is 0.833. The van der Waals surface area contributed by atoms with Gasteiger partial charge in [0.05, 0.1) is 18.8 Å². The maximum Gasteiger partial charge on any atom is 0.134 e. The van der Waals surface area contributed by atoms with Gasteiger partial charge in [-0.1, -0.05) is 18.3 Å². The van der Waals surface area contributed by atoms with Crippen LogP contribution in [-0.2, 0) is 4.74 Å². The predicted molar refractivity (Wildman–Crippen MR) is 69.4 cm³/mol. The maximum atomic E-state index is 5.58. The normalized spacial score (nSPS) is 26.3. The molecule has 1 aromatic heterocycles. The molecular weight excluding hydrogens is 234 g/mol. The zero-order valence-corrected chi connectivity index (χ0v) is 11.6. The third kappa shape index (κ3) is 3.24. The van der Waals surface area contributed by atoms with Gasteiger partial charge < -0.3 is 10.1 Å². The Morgan fingerprint density at radius 1 is 1.53 bits per heavy atom. The predicted octanol–water partition coefficient (Wildman–Crippen LogP) is 2.49. The summed E-state index contributed by atoms with van der Waals surface area (Å²) in [6, 6.07) is 0.306. The van der Waals surface area contributed by atoms with E-state index < -0.39 is 0 Å². The van der Waals surface area contributed by atoms with Crippen molar-refractivity contribution in [3.63, 3.8) is 0 Å². The summed E-state index contributed by atoms with van der Waals surface area (Å²) in [6.07, 6.45) is 2.58. The van der Waals surface area contributed by atoms with Crippen molar-refractivity contribution in [1.82, 2.24) is 15.5 Å². The number of nitrogens with one attached hydrogen (secondary N) is 1. The van der Waals surface area contributed by atoms with Crippen LogP contribution < -0.4 is 5.32 Å². The monoisotopic (exact) mass is 255 g/mol. The second-order valence-corrected chi connectivity index (χ2v) is 5.77. The lowest BCUT2D eigenvalue weighted by molar-refractivity contribution is 0.123. The lowest BCUT2D eigenvalue weighted by atomic mass is 10.1. The molecule has 0 bridgehead atoms. The van der Waals surface area contributed by atoms with Crippen molar-refractivity contribution in [1.29, 1.82) is 0 Å². The zero-order chi connectivity index (χ0) is 12.3. The molecule has 1 aliphatic rings. The Hall–Kier alpha value is -0.520. The van der Waals surface area contributed by atoms with Crippen LogP contribution in [0.2, 0.25) is 0 Å². The van der Waals surface area contributed by atoms with Crippen molar-refractivity contribution in [3.8, 4) is 0 Å². The molecule has 1 aliphatic heterocycles. The van der Waals surface area contributed by atoms with Crippen molar-refractivity contribution in [3.05, 3.63) is 10.0 Å². The van der Waals surface area contributed by atoms with Crippen LogP contribution in [0.3, 0.4) is 0 Å². The molecule has 17 heavy (non-hydrogen) atoms. The Morgan fingerprint density at radius 3 is 3.00 bits per heavy atom. The first-order valence-corrected chi connectivity index (χ1v) is 7.20. The molecule has 0 spiro atoms. The topological polar surface area (TPSA) is 47.0 Å². The number of aromatic nitrogens is 2. The molecule has 96 valence electrons. The average Bonchev–Trinajstić information content (AvgIpc) is 2.93. The number of ether oxygens (including phenoxy) is 1. The van der Waals surface area contributed by atoms with Crippen LogP contribution in [0.15, 0.2) is 0 Å². The van der Waals surface area contributed by atoms with Gasteiger partial charge >= 0.3 is 0 Å². The zero-order valence-electron chi connectivity index (χ0n) is 10.8. The van der Waals surface area contributed by atoms with Crippen LogP contribution in [0.1, 0.15) is 55.6 Å². The molecule has 0 saturated carbocycles. The van der Waals surface area contributed by atoms with Gasteiger partial charge in [0.25, 0.3) is 0 Å². The smallest absolute Gasteiger partial charge is 0.134 e. The molecule has 1 N–H and O–H groups in total. The Labute approximate surface area is 107 Å². The second-order valence-electron chi connectivity index (χ2n) is 4.73. The molecule has 3 unspecified atom stereocenters. The minimum Gasteiger partial charge on any atom is -0.378 e. The van der Waals surface area contributed by atoms with Crippen LogP contribution in [0.5, 0.6) is 0 Å². The summed E-state index contributed by atoms with van der Waals surface area (Å²) in [5.74, 6) is 0.453. The summed E-state index contributed by atoms with van der Waals surface area (Å²) in [7, 11) is 0. The summed E-state index contributed by atoms with van der Waals surface area (Å²) in [4.78, 5) is 0. The highest BCUT2D eigenvalue weighted by atomic mass is 32.1. The van der Waals surface area contributed by atoms with Crippen LogP contribution in [0.25, 0.3) is 0 Å². The largest absolute Gasteiger partial charge is 0.378 e. The molecule has 0 amide bonds. The first-order valence-electron chi connectivity index (χ1n) is 6.39. The van der Waals surface area contributed by atoms with E-state index in [-0.39, 0.29) is 0 Å². The first kappa shape index (κ1) is 12.9. The van der Waals surface area contributed by atoms with E-state index in [0.717, 1.165) is 36.0 Å². The standard InChI is InChI=1S/C12H21N3OS/c1-4-5-13-9(3)11-14-15-12(17-11)10-6-8(2)16-7-10/h8-10,13H,4-7H2,1-3H3. The summed E-state index contributed by atoms with van der Waals surface area (Å²) in [5, 5.41) is 14.3. The summed E-state index contributed by atoms with van der Waals surface area (Å²) >= 11 is 1.73. The van der Waals surface area contributed by atoms with E-state index >= 15 is 0 Å². The van der Waals surface area contributed by atoms with Crippen LogP contribution in [0.4, 0.5) is 0 Å². The van der Waals surface area contributed by atoms with Gasteiger partial charge in [-0.05, 0) is 33.2 Å². The lowest BCUT2D eigenvalue weighted by Gasteiger charge is -2.08. The number of nitrogens with zero attached hydrogens (tertiary/aromatic N) is 2. The highest BCUT2D eigenvalue weighted by Crippen LogP contribution is 2.32. The molecule has 3 atom stereocenters. The van der Waals surface area contributed by atoms with Crippen molar-refractivity contribution in [2.75, 3.05) is 13.2 Å². The lowest BCUT2D eigenvalue weighted by Crippen LogP contribution is -2.19. The first-order chi connectivity index (χ1) is 8.20. The van der Waals surface area contributed by atoms with Gasteiger partial charge in [-0.2, -0.15) is 0 Å². The fourth-order valence-corrected chi connectivity index (χ4v) is 2.99. The third-order valence-electron chi connectivity index (χ3n) is 3.07. The minimum absolute atomic E-state index is 0.306. The molecule has 4 nitrogen and oxygen atoms in total. The Bertz CT molecular complexity index is 355. The third-order valence-corrected chi connectivity index (χ3v) is 4.34. The quantitative estimate of drug-likeness (QED) is 0.878. The molecule has 5 heteroatoms. The molecule has 0 radical (unpaired) electrons. The van der Waals surface area contributed by atoms with Crippen molar-refractivity contribution in [2.24, 2.45) is 0 Å². The molecule has 0 aliphatic carbocycles. The highest BCUT2D eigenvalue weighted by molar-refractivity contribution is 7.11.